The van der Waals surface area contributed by atoms with Crippen molar-refractivity contribution in [3.63, 3.8) is 0 Å². The van der Waals surface area contributed by atoms with Crippen LogP contribution >= 0.6 is 0 Å². The highest BCUT2D eigenvalue weighted by Crippen LogP contribution is 2.23. The summed E-state index contributed by atoms with van der Waals surface area (Å²) in [5, 5.41) is 0. The Kier molecular flexibility index (Phi) is 8.87. The number of nitrogens with zero attached hydrogens (tertiary/aromatic N) is 1. The maximum absolute atomic E-state index is 12.2. The molecule has 1 unspecified atom stereocenters. The van der Waals surface area contributed by atoms with Gasteiger partial charge in [-0.15, -0.1) is 0 Å². The maximum Gasteiger partial charge on any atom is 0.319 e. The third-order valence-electron chi connectivity index (χ3n) is 5.62. The lowest BCUT2D eigenvalue weighted by Crippen LogP contribution is -2.42. The zero-order chi connectivity index (χ0) is 21.2. The van der Waals surface area contributed by atoms with Gasteiger partial charge in [-0.3, -0.25) is 9.69 Å². The molecule has 5 nitrogen and oxygen atoms in total. The monoisotopic (exact) mass is 411 g/mol. The second kappa shape index (κ2) is 11.8. The first-order valence-corrected chi connectivity index (χ1v) is 10.8. The third kappa shape index (κ3) is 6.94. The van der Waals surface area contributed by atoms with E-state index in [0.717, 1.165) is 37.9 Å². The van der Waals surface area contributed by atoms with Crippen LogP contribution in [0.5, 0.6) is 0 Å². The molecule has 3 atom stereocenters. The Morgan fingerprint density at radius 2 is 1.80 bits per heavy atom. The molecule has 0 saturated carbocycles. The zero-order valence-corrected chi connectivity index (χ0v) is 18.0. The molecule has 1 aliphatic heterocycles. The molecule has 1 fully saturated rings. The van der Waals surface area contributed by atoms with Crippen LogP contribution in [0.2, 0.25) is 0 Å². The van der Waals surface area contributed by atoms with E-state index in [9.17, 15) is 4.79 Å². The Bertz CT molecular complexity index is 746. The average molecular weight is 412 g/mol. The van der Waals surface area contributed by atoms with Gasteiger partial charge in [0.25, 0.3) is 0 Å². The van der Waals surface area contributed by atoms with Crippen LogP contribution < -0.4 is 0 Å². The Balaban J connectivity index is 1.77. The molecule has 0 radical (unpaired) electrons. The summed E-state index contributed by atoms with van der Waals surface area (Å²) >= 11 is 0. The number of methoxy groups -OCH3 is 1. The Labute approximate surface area is 179 Å². The fraction of sp³-hybridized carbons (Fsp3) is 0.480. The van der Waals surface area contributed by atoms with Gasteiger partial charge in [-0.1, -0.05) is 60.7 Å². The second-order valence-corrected chi connectivity index (χ2v) is 7.84. The van der Waals surface area contributed by atoms with E-state index < -0.39 is 0 Å². The molecule has 2 aromatic carbocycles. The first kappa shape index (κ1) is 22.5. The summed E-state index contributed by atoms with van der Waals surface area (Å²) in [6.07, 6.45) is 3.61. The van der Waals surface area contributed by atoms with E-state index >= 15 is 0 Å². The lowest BCUT2D eigenvalue weighted by Gasteiger charge is -2.34. The normalized spacial score (nSPS) is 18.7. The molecule has 1 aliphatic rings. The highest BCUT2D eigenvalue weighted by Gasteiger charge is 2.26. The number of esters is 1. The molecular weight excluding hydrogens is 378 g/mol. The highest BCUT2D eigenvalue weighted by atomic mass is 16.7. The summed E-state index contributed by atoms with van der Waals surface area (Å²) in [5.41, 5.74) is 2.37. The van der Waals surface area contributed by atoms with Gasteiger partial charge in [0.2, 0.25) is 0 Å². The Morgan fingerprint density at radius 3 is 2.43 bits per heavy atom. The molecule has 0 spiro atoms. The molecule has 0 aliphatic carbocycles. The van der Waals surface area contributed by atoms with Gasteiger partial charge in [0, 0.05) is 19.2 Å². The molecule has 3 rings (SSSR count). The molecule has 5 heteroatoms. The van der Waals surface area contributed by atoms with E-state index in [2.05, 4.69) is 36.1 Å². The van der Waals surface area contributed by atoms with Crippen LogP contribution in [-0.4, -0.2) is 50.1 Å². The molecule has 30 heavy (non-hydrogen) atoms. The van der Waals surface area contributed by atoms with E-state index in [1.807, 2.05) is 36.4 Å². The predicted molar refractivity (Wildman–Crippen MR) is 117 cm³/mol. The van der Waals surface area contributed by atoms with Crippen molar-refractivity contribution in [3.05, 3.63) is 71.8 Å². The molecule has 1 saturated heterocycles. The number of carbonyl (C=O) groups excluding carboxylic acids is 1. The number of ether oxygens (including phenoxy) is 3. The van der Waals surface area contributed by atoms with Gasteiger partial charge < -0.3 is 14.2 Å². The SMILES string of the molecule is COC(=O)CN(C[C@@H](Cc1ccccc1)OC1CCCCO1)[C@H](C)c1ccccc1. The second-order valence-electron chi connectivity index (χ2n) is 7.84. The zero-order valence-electron chi connectivity index (χ0n) is 18.0. The first-order valence-electron chi connectivity index (χ1n) is 10.8. The van der Waals surface area contributed by atoms with Gasteiger partial charge in [0.15, 0.2) is 6.29 Å². The molecule has 162 valence electrons. The minimum atomic E-state index is -0.245. The van der Waals surface area contributed by atoms with Gasteiger partial charge in [0.1, 0.15) is 0 Å². The van der Waals surface area contributed by atoms with Crippen molar-refractivity contribution in [1.29, 1.82) is 0 Å². The Morgan fingerprint density at radius 1 is 1.10 bits per heavy atom. The van der Waals surface area contributed by atoms with Crippen LogP contribution in [0.3, 0.4) is 0 Å². The quantitative estimate of drug-likeness (QED) is 0.543. The summed E-state index contributed by atoms with van der Waals surface area (Å²) in [5.74, 6) is -0.245. The highest BCUT2D eigenvalue weighted by molar-refractivity contribution is 5.71. The van der Waals surface area contributed by atoms with Gasteiger partial charge in [0.05, 0.1) is 19.8 Å². The van der Waals surface area contributed by atoms with Crippen LogP contribution in [0.15, 0.2) is 60.7 Å². The van der Waals surface area contributed by atoms with E-state index in [4.69, 9.17) is 14.2 Å². The van der Waals surface area contributed by atoms with Crippen LogP contribution in [0.1, 0.15) is 43.4 Å². The van der Waals surface area contributed by atoms with Gasteiger partial charge in [-0.2, -0.15) is 0 Å². The number of benzene rings is 2. The van der Waals surface area contributed by atoms with Gasteiger partial charge >= 0.3 is 5.97 Å². The maximum atomic E-state index is 12.2. The van der Waals surface area contributed by atoms with Crippen molar-refractivity contribution < 1.29 is 19.0 Å². The fourth-order valence-corrected chi connectivity index (χ4v) is 3.86. The van der Waals surface area contributed by atoms with E-state index in [1.54, 1.807) is 0 Å². The summed E-state index contributed by atoms with van der Waals surface area (Å²) in [6, 6.07) is 20.6. The molecule has 0 N–H and O–H groups in total. The molecule has 0 amide bonds. The first-order chi connectivity index (χ1) is 14.7. The largest absolute Gasteiger partial charge is 0.468 e. The Hall–Kier alpha value is -2.21. The van der Waals surface area contributed by atoms with Gasteiger partial charge in [-0.25, -0.2) is 0 Å². The molecular formula is C25H33NO4. The number of hydrogen-bond donors (Lipinski definition) is 0. The summed E-state index contributed by atoms with van der Waals surface area (Å²) in [6.45, 7) is 3.69. The topological polar surface area (TPSA) is 48.0 Å². The van der Waals surface area contributed by atoms with E-state index in [1.165, 1.54) is 12.7 Å². The van der Waals surface area contributed by atoms with Crippen molar-refractivity contribution in [2.45, 2.75) is 51.0 Å². The van der Waals surface area contributed by atoms with E-state index in [-0.39, 0.29) is 30.9 Å². The fourth-order valence-electron chi connectivity index (χ4n) is 3.86. The predicted octanol–water partition coefficient (Wildman–Crippen LogP) is 4.38. The van der Waals surface area contributed by atoms with Gasteiger partial charge in [-0.05, 0) is 43.7 Å². The van der Waals surface area contributed by atoms with E-state index in [0.29, 0.717) is 6.54 Å². The van der Waals surface area contributed by atoms with Crippen molar-refractivity contribution >= 4 is 5.97 Å². The average Bonchev–Trinajstić information content (AvgIpc) is 2.80. The summed E-state index contributed by atoms with van der Waals surface area (Å²) in [4.78, 5) is 14.3. The van der Waals surface area contributed by atoms with Crippen LogP contribution in [0.25, 0.3) is 0 Å². The summed E-state index contributed by atoms with van der Waals surface area (Å²) < 4.78 is 17.2. The number of hydrogen-bond acceptors (Lipinski definition) is 5. The van der Waals surface area contributed by atoms with Crippen molar-refractivity contribution in [2.75, 3.05) is 26.8 Å². The minimum Gasteiger partial charge on any atom is -0.468 e. The molecule has 1 heterocycles. The molecule has 2 aromatic rings. The van der Waals surface area contributed by atoms with Crippen molar-refractivity contribution in [1.82, 2.24) is 4.90 Å². The number of carbonyl (C=O) groups is 1. The van der Waals surface area contributed by atoms with Crippen molar-refractivity contribution in [2.24, 2.45) is 0 Å². The minimum absolute atomic E-state index is 0.0550. The lowest BCUT2D eigenvalue weighted by molar-refractivity contribution is -0.192. The van der Waals surface area contributed by atoms with Crippen LogP contribution in [0.4, 0.5) is 0 Å². The molecule has 0 bridgehead atoms. The number of rotatable bonds is 10. The summed E-state index contributed by atoms with van der Waals surface area (Å²) in [7, 11) is 1.43. The smallest absolute Gasteiger partial charge is 0.319 e. The van der Waals surface area contributed by atoms with Crippen LogP contribution in [-0.2, 0) is 25.4 Å². The third-order valence-corrected chi connectivity index (χ3v) is 5.62. The van der Waals surface area contributed by atoms with Crippen molar-refractivity contribution in [3.8, 4) is 0 Å². The standard InChI is InChI=1S/C25H33NO4/c1-20(22-13-7-4-8-14-22)26(19-24(27)28-2)18-23(17-21-11-5-3-6-12-21)30-25-15-9-10-16-29-25/h3-8,11-14,20,23,25H,9-10,15-19H2,1-2H3/t20-,23-,25?/m1/s1. The lowest BCUT2D eigenvalue weighted by atomic mass is 10.0. The molecule has 0 aromatic heterocycles. The van der Waals surface area contributed by atoms with Crippen LogP contribution in [0, 0.1) is 0 Å².